The number of nitrogens with one attached hydrogen (secondary N) is 1. The third-order valence-corrected chi connectivity index (χ3v) is 4.41. The maximum absolute atomic E-state index is 11.1. The van der Waals surface area contributed by atoms with Crippen molar-refractivity contribution in [3.8, 4) is 10.6 Å². The van der Waals surface area contributed by atoms with Crippen molar-refractivity contribution < 1.29 is 4.92 Å². The number of aromatic nitrogens is 2. The van der Waals surface area contributed by atoms with Gasteiger partial charge in [-0.15, -0.1) is 11.3 Å². The fraction of sp³-hybridized carbons (Fsp3) is 0.0667. The highest BCUT2D eigenvalue weighted by Gasteiger charge is 2.16. The second kappa shape index (κ2) is 6.72. The van der Waals surface area contributed by atoms with Crippen molar-refractivity contribution in [1.82, 2.24) is 9.97 Å². The van der Waals surface area contributed by atoms with Crippen LogP contribution < -0.4 is 5.32 Å². The summed E-state index contributed by atoms with van der Waals surface area (Å²) < 4.78 is 0. The van der Waals surface area contributed by atoms with E-state index >= 15 is 0 Å². The number of thiazole rings is 1. The Morgan fingerprint density at radius 2 is 2.04 bits per heavy atom. The van der Waals surface area contributed by atoms with Gasteiger partial charge in [0.25, 0.3) is 5.69 Å². The molecular weight excluding hydrogens is 336 g/mol. The van der Waals surface area contributed by atoms with Crippen LogP contribution in [-0.2, 0) is 6.54 Å². The number of hydrogen-bond donors (Lipinski definition) is 1. The molecule has 116 valence electrons. The molecule has 0 aliphatic rings. The number of halogens is 1. The van der Waals surface area contributed by atoms with Crippen LogP contribution >= 0.6 is 22.9 Å². The van der Waals surface area contributed by atoms with Crippen LogP contribution in [0.15, 0.2) is 48.1 Å². The molecule has 6 nitrogen and oxygen atoms in total. The van der Waals surface area contributed by atoms with Crippen LogP contribution in [0, 0.1) is 10.1 Å². The molecule has 0 saturated heterocycles. The fourth-order valence-electron chi connectivity index (χ4n) is 2.05. The van der Waals surface area contributed by atoms with Crippen LogP contribution in [0.4, 0.5) is 11.5 Å². The normalized spacial score (nSPS) is 10.5. The van der Waals surface area contributed by atoms with E-state index in [1.165, 1.54) is 17.4 Å². The van der Waals surface area contributed by atoms with Gasteiger partial charge in [0.2, 0.25) is 0 Å². The summed E-state index contributed by atoms with van der Waals surface area (Å²) in [5.74, 6) is 0.649. The molecule has 0 amide bonds. The number of anilines is 1. The molecule has 23 heavy (non-hydrogen) atoms. The summed E-state index contributed by atoms with van der Waals surface area (Å²) in [6, 6.07) is 8.39. The van der Waals surface area contributed by atoms with Crippen molar-refractivity contribution in [2.45, 2.75) is 6.54 Å². The first kappa shape index (κ1) is 15.4. The Hall–Kier alpha value is -2.51. The second-order valence-corrected chi connectivity index (χ2v) is 5.89. The summed E-state index contributed by atoms with van der Waals surface area (Å²) in [5, 5.41) is 17.2. The van der Waals surface area contributed by atoms with Gasteiger partial charge in [-0.05, 0) is 18.2 Å². The molecule has 0 atom stereocenters. The van der Waals surface area contributed by atoms with E-state index in [9.17, 15) is 10.1 Å². The van der Waals surface area contributed by atoms with Crippen LogP contribution in [0.3, 0.4) is 0 Å². The van der Waals surface area contributed by atoms with Gasteiger partial charge < -0.3 is 5.32 Å². The number of nitrogens with zero attached hydrogens (tertiary/aromatic N) is 3. The van der Waals surface area contributed by atoms with E-state index in [1.54, 1.807) is 24.5 Å². The van der Waals surface area contributed by atoms with Crippen molar-refractivity contribution in [2.75, 3.05) is 5.32 Å². The first-order chi connectivity index (χ1) is 11.1. The zero-order valence-corrected chi connectivity index (χ0v) is 13.3. The Bertz CT molecular complexity index is 839. The molecule has 8 heteroatoms. The molecule has 0 unspecified atom stereocenters. The lowest BCUT2D eigenvalue weighted by Gasteiger charge is -2.06. The molecule has 0 spiro atoms. The summed E-state index contributed by atoms with van der Waals surface area (Å²) >= 11 is 7.56. The lowest BCUT2D eigenvalue weighted by Crippen LogP contribution is -2.04. The average molecular weight is 347 g/mol. The maximum Gasteiger partial charge on any atom is 0.275 e. The molecule has 0 aliphatic heterocycles. The van der Waals surface area contributed by atoms with Crippen molar-refractivity contribution in [3.05, 3.63) is 68.8 Å². The molecule has 3 rings (SSSR count). The first-order valence-corrected chi connectivity index (χ1v) is 7.92. The van der Waals surface area contributed by atoms with Crippen LogP contribution in [0.1, 0.15) is 5.56 Å². The minimum absolute atomic E-state index is 0.00501. The molecule has 2 heterocycles. The number of hydrogen-bond acceptors (Lipinski definition) is 6. The predicted molar refractivity (Wildman–Crippen MR) is 90.8 cm³/mol. The van der Waals surface area contributed by atoms with Crippen molar-refractivity contribution in [3.63, 3.8) is 0 Å². The highest BCUT2D eigenvalue weighted by molar-refractivity contribution is 7.13. The topological polar surface area (TPSA) is 81.0 Å². The van der Waals surface area contributed by atoms with E-state index < -0.39 is 4.92 Å². The zero-order chi connectivity index (χ0) is 16.2. The first-order valence-electron chi connectivity index (χ1n) is 6.66. The quantitative estimate of drug-likeness (QED) is 0.547. The fourth-order valence-corrected chi connectivity index (χ4v) is 3.07. The van der Waals surface area contributed by atoms with E-state index in [4.69, 9.17) is 11.6 Å². The van der Waals surface area contributed by atoms with Crippen LogP contribution in [0.5, 0.6) is 0 Å². The maximum atomic E-state index is 11.1. The van der Waals surface area contributed by atoms with Crippen LogP contribution in [0.2, 0.25) is 5.02 Å². The SMILES string of the molecule is O=[N+]([O-])c1cccc(Cl)c1CNc1csc(-c2ccncc2)n1. The third kappa shape index (κ3) is 3.46. The Morgan fingerprint density at radius 3 is 2.78 bits per heavy atom. The number of nitro groups is 1. The van der Waals surface area contributed by atoms with Crippen molar-refractivity contribution in [1.29, 1.82) is 0 Å². The number of rotatable bonds is 5. The van der Waals surface area contributed by atoms with Gasteiger partial charge in [0, 0.05) is 35.9 Å². The Kier molecular flexibility index (Phi) is 4.50. The predicted octanol–water partition coefficient (Wildman–Crippen LogP) is 4.38. The van der Waals surface area contributed by atoms with Gasteiger partial charge in [-0.1, -0.05) is 17.7 Å². The molecule has 1 N–H and O–H groups in total. The Balaban J connectivity index is 1.78. The standard InChI is InChI=1S/C15H11ClN4O2S/c16-12-2-1-3-13(20(21)22)11(12)8-18-14-9-23-15(19-14)10-4-6-17-7-5-10/h1-7,9,18H,8H2. The van der Waals surface area contributed by atoms with Crippen LogP contribution in [0.25, 0.3) is 10.6 Å². The van der Waals surface area contributed by atoms with Crippen LogP contribution in [-0.4, -0.2) is 14.9 Å². The summed E-state index contributed by atoms with van der Waals surface area (Å²) in [7, 11) is 0. The number of nitro benzene ring substituents is 1. The molecular formula is C15H11ClN4O2S. The van der Waals surface area contributed by atoms with Gasteiger partial charge in [-0.3, -0.25) is 15.1 Å². The van der Waals surface area contributed by atoms with E-state index in [2.05, 4.69) is 15.3 Å². The summed E-state index contributed by atoms with van der Waals surface area (Å²) in [5.41, 5.74) is 1.41. The largest absolute Gasteiger partial charge is 0.365 e. The number of pyridine rings is 1. The smallest absolute Gasteiger partial charge is 0.275 e. The van der Waals surface area contributed by atoms with Gasteiger partial charge in [0.1, 0.15) is 10.8 Å². The van der Waals surface area contributed by atoms with Gasteiger partial charge in [0.05, 0.1) is 15.5 Å². The third-order valence-electron chi connectivity index (χ3n) is 3.17. The lowest BCUT2D eigenvalue weighted by molar-refractivity contribution is -0.385. The van der Waals surface area contributed by atoms with Gasteiger partial charge >= 0.3 is 0 Å². The Morgan fingerprint density at radius 1 is 1.26 bits per heavy atom. The van der Waals surface area contributed by atoms with E-state index in [-0.39, 0.29) is 12.2 Å². The summed E-state index contributed by atoms with van der Waals surface area (Å²) in [6.07, 6.45) is 3.41. The number of benzene rings is 1. The molecule has 3 aromatic rings. The van der Waals surface area contributed by atoms with Gasteiger partial charge in [0.15, 0.2) is 0 Å². The lowest BCUT2D eigenvalue weighted by atomic mass is 10.2. The molecule has 0 radical (unpaired) electrons. The second-order valence-electron chi connectivity index (χ2n) is 4.62. The highest BCUT2D eigenvalue weighted by atomic mass is 35.5. The van der Waals surface area contributed by atoms with Crippen molar-refractivity contribution in [2.24, 2.45) is 0 Å². The minimum atomic E-state index is -0.438. The van der Waals surface area contributed by atoms with Gasteiger partial charge in [-0.2, -0.15) is 0 Å². The molecule has 0 aliphatic carbocycles. The molecule has 0 bridgehead atoms. The van der Waals surface area contributed by atoms with Gasteiger partial charge in [-0.25, -0.2) is 4.98 Å². The monoisotopic (exact) mass is 346 g/mol. The molecule has 1 aromatic carbocycles. The van der Waals surface area contributed by atoms with Crippen molar-refractivity contribution >= 4 is 34.4 Å². The Labute approximate surface area is 140 Å². The van der Waals surface area contributed by atoms with E-state index in [0.29, 0.717) is 16.4 Å². The summed E-state index contributed by atoms with van der Waals surface area (Å²) in [6.45, 7) is 0.232. The minimum Gasteiger partial charge on any atom is -0.365 e. The molecule has 0 fully saturated rings. The molecule has 0 saturated carbocycles. The van der Waals surface area contributed by atoms with E-state index in [0.717, 1.165) is 10.6 Å². The zero-order valence-electron chi connectivity index (χ0n) is 11.8. The average Bonchev–Trinajstić information content (AvgIpc) is 3.03. The van der Waals surface area contributed by atoms with E-state index in [1.807, 2.05) is 17.5 Å². The molecule has 2 aromatic heterocycles. The summed E-state index contributed by atoms with van der Waals surface area (Å²) in [4.78, 5) is 19.1. The highest BCUT2D eigenvalue weighted by Crippen LogP contribution is 2.29.